The second kappa shape index (κ2) is 25.4. The number of nitrogen functional groups attached to an aromatic ring is 4. The number of aromatic hydroxyl groups is 8. The van der Waals surface area contributed by atoms with Crippen molar-refractivity contribution in [2.75, 3.05) is 22.9 Å². The molecule has 0 bridgehead atoms. The minimum atomic E-state index is -1.63. The largest absolute Gasteiger partial charge is 0.508 e. The summed E-state index contributed by atoms with van der Waals surface area (Å²) in [7, 11) is 0. The van der Waals surface area contributed by atoms with Gasteiger partial charge in [-0.25, -0.2) is 0 Å². The fourth-order valence-corrected chi connectivity index (χ4v) is 6.44. The molecule has 0 fully saturated rings. The number of Topliss-reactive ketones (excluding diaryl/α,β-unsaturated/α-hetero) is 2. The lowest BCUT2D eigenvalue weighted by atomic mass is 9.82. The normalized spacial score (nSPS) is 12.5. The van der Waals surface area contributed by atoms with Gasteiger partial charge in [-0.3, -0.25) is 62.3 Å². The second-order valence-electron chi connectivity index (χ2n) is 16.0. The number of carbonyl (C=O) groups excluding carboxylic acids is 6. The molecule has 29 heteroatoms. The number of anilines is 4. The zero-order valence-electron chi connectivity index (χ0n) is 40.9. The number of nitrogens with two attached hydrogens (primary N) is 4. The van der Waals surface area contributed by atoms with E-state index in [0.717, 1.165) is 23.5 Å². The molecular weight excluding hydrogens is 1090 g/mol. The molecular formula is C53H38N4O25. The van der Waals surface area contributed by atoms with Crippen molar-refractivity contribution in [2.45, 2.75) is 0 Å². The Labute approximate surface area is 452 Å². The van der Waals surface area contributed by atoms with Gasteiger partial charge in [-0.05, 0) is 84.9 Å². The van der Waals surface area contributed by atoms with Crippen LogP contribution >= 0.6 is 0 Å². The molecule has 20 N–H and O–H groups in total. The number of aliphatic hydroxyl groups is 4. The Morgan fingerprint density at radius 3 is 0.780 bits per heavy atom. The molecule has 3 aliphatic carbocycles. The Morgan fingerprint density at radius 2 is 0.524 bits per heavy atom. The Morgan fingerprint density at radius 1 is 0.268 bits per heavy atom. The molecule has 420 valence electrons. The van der Waals surface area contributed by atoms with Crippen molar-refractivity contribution in [3.05, 3.63) is 237 Å². The van der Waals surface area contributed by atoms with Gasteiger partial charge < -0.3 is 84.2 Å². The monoisotopic (exact) mass is 1130 g/mol. The maximum atomic E-state index is 12.3. The smallest absolute Gasteiger partial charge is 0.281 e. The predicted octanol–water partition coefficient (Wildman–Crippen LogP) is -0.130. The van der Waals surface area contributed by atoms with Gasteiger partial charge in [0.25, 0.3) is 49.6 Å². The number of aliphatic hydroxyl groups excluding tert-OH is 4. The SMILES string of the molecule is Nc1ccc(N)c2c1C(=O)c1ccccc1C2=O.Nc1ccc(N)cc1.O=C1C(O)=C(O)C(=O)C(O)=C1O.O=C1C=CC(=O)c2c(O)ccc(O)c21.O=c1c(O)c(O)c(=O)c(=O)c1=O.O=c1c(O)c(O)c(=O)c1=O.Oc1ccc(O)cc1. The van der Waals surface area contributed by atoms with Crippen LogP contribution in [0.4, 0.5) is 22.7 Å². The first-order valence-corrected chi connectivity index (χ1v) is 21.9. The van der Waals surface area contributed by atoms with Crippen LogP contribution in [-0.2, 0) is 9.59 Å². The van der Waals surface area contributed by atoms with Crippen molar-refractivity contribution >= 4 is 57.4 Å². The van der Waals surface area contributed by atoms with Crippen LogP contribution in [0.25, 0.3) is 0 Å². The highest BCUT2D eigenvalue weighted by Crippen LogP contribution is 2.34. The number of hydrogen-bond acceptors (Lipinski definition) is 29. The van der Waals surface area contributed by atoms with Gasteiger partial charge in [0.2, 0.25) is 46.0 Å². The molecule has 0 aromatic heterocycles. The van der Waals surface area contributed by atoms with Crippen molar-refractivity contribution in [2.24, 2.45) is 0 Å². The van der Waals surface area contributed by atoms with Crippen LogP contribution in [0.5, 0.6) is 46.0 Å². The third-order valence-electron chi connectivity index (χ3n) is 10.6. The summed E-state index contributed by atoms with van der Waals surface area (Å²) in [4.78, 5) is 141. The number of carbonyl (C=O) groups is 6. The Hall–Kier alpha value is -12.7. The van der Waals surface area contributed by atoms with Gasteiger partial charge in [0.15, 0.2) is 23.1 Å². The Kier molecular flexibility index (Phi) is 19.2. The minimum absolute atomic E-state index is 0.127. The van der Waals surface area contributed by atoms with Crippen LogP contribution in [0.15, 0.2) is 166 Å². The lowest BCUT2D eigenvalue weighted by Gasteiger charge is -2.20. The van der Waals surface area contributed by atoms with Gasteiger partial charge in [0.05, 0.1) is 22.3 Å². The van der Waals surface area contributed by atoms with Crippen molar-refractivity contribution in [3.8, 4) is 46.0 Å². The van der Waals surface area contributed by atoms with E-state index in [4.69, 9.17) is 74.0 Å². The summed E-state index contributed by atoms with van der Waals surface area (Å²) in [6.45, 7) is 0. The first-order valence-electron chi connectivity index (χ1n) is 21.9. The van der Waals surface area contributed by atoms with E-state index in [1.807, 2.05) is 0 Å². The molecule has 0 amide bonds. The highest BCUT2D eigenvalue weighted by Gasteiger charge is 2.35. The maximum absolute atomic E-state index is 12.3. The molecule has 0 unspecified atom stereocenters. The van der Waals surface area contributed by atoms with E-state index < -0.39 is 107 Å². The third-order valence-corrected chi connectivity index (χ3v) is 10.6. The molecule has 3 aliphatic rings. The van der Waals surface area contributed by atoms with E-state index >= 15 is 0 Å². The summed E-state index contributed by atoms with van der Waals surface area (Å²) in [5.41, 5.74) is 14.9. The summed E-state index contributed by atoms with van der Waals surface area (Å²) >= 11 is 0. The summed E-state index contributed by atoms with van der Waals surface area (Å²) in [5, 5.41) is 105. The first kappa shape index (κ1) is 61.9. The zero-order chi connectivity index (χ0) is 61.9. The maximum Gasteiger partial charge on any atom is 0.281 e. The molecule has 0 spiro atoms. The zero-order valence-corrected chi connectivity index (χ0v) is 40.9. The number of phenols is 6. The highest BCUT2D eigenvalue weighted by atomic mass is 16.4. The summed E-state index contributed by atoms with van der Waals surface area (Å²) in [6, 6.07) is 24.9. The van der Waals surface area contributed by atoms with Gasteiger partial charge >= 0.3 is 0 Å². The standard InChI is InChI=1S/C14H10N2O2.C10H6O4.C6H8N2.C6H4O6.C6H2O6.C6H6O2.C5H2O5/c15-9-5-6-10(16)12-11(9)13(17)7-3-1-2-4-8(7)14(12)18;11-5-1-2-6(12)10-8(14)4-3-7(13)9(5)10;7-5-1-2-6(8)4-3-5;2*7-1-2(8)4(10)6(12)5(11)3(1)9;7-5-1-2-6(8)4-3-5;6-1-2(7)4(9)5(10)3(1)8/h1-6H,15-16H2;1-4,11-12H;1-4H,7-8H2;7-8,11-12H;7-8H;1-4,7-8H;6-7H. The van der Waals surface area contributed by atoms with E-state index in [9.17, 15) is 72.5 Å². The summed E-state index contributed by atoms with van der Waals surface area (Å²) in [6.07, 6.45) is 2.15. The topological polar surface area (TPSA) is 569 Å². The lowest BCUT2D eigenvalue weighted by molar-refractivity contribution is -0.124. The van der Waals surface area contributed by atoms with Crippen molar-refractivity contribution in [1.82, 2.24) is 0 Å². The predicted molar refractivity (Wildman–Crippen MR) is 284 cm³/mol. The van der Waals surface area contributed by atoms with Crippen LogP contribution in [0.3, 0.4) is 0 Å². The number of phenolic OH excluding ortho intramolecular Hbond substituents is 6. The van der Waals surface area contributed by atoms with Gasteiger partial charge in [0, 0.05) is 33.9 Å². The molecule has 7 aromatic rings. The van der Waals surface area contributed by atoms with Crippen molar-refractivity contribution < 1.29 is 90.0 Å². The van der Waals surface area contributed by atoms with Gasteiger partial charge in [-0.15, -0.1) is 0 Å². The van der Waals surface area contributed by atoms with Gasteiger partial charge in [-0.1, -0.05) is 24.3 Å². The number of ketones is 6. The van der Waals surface area contributed by atoms with E-state index in [1.165, 1.54) is 36.4 Å². The van der Waals surface area contributed by atoms with Gasteiger partial charge in [-0.2, -0.15) is 0 Å². The number of rotatable bonds is 0. The van der Waals surface area contributed by atoms with E-state index in [0.29, 0.717) is 11.1 Å². The molecule has 0 aliphatic heterocycles. The van der Waals surface area contributed by atoms with Gasteiger partial charge in [0.1, 0.15) is 23.0 Å². The van der Waals surface area contributed by atoms with Crippen LogP contribution < -0.4 is 60.9 Å². The molecule has 7 aromatic carbocycles. The number of benzene rings is 6. The summed E-state index contributed by atoms with van der Waals surface area (Å²) in [5.74, 6) is -14.6. The fraction of sp³-hybridized carbons (Fsp3) is 0. The Bertz CT molecular complexity index is 3930. The molecule has 0 atom stereocenters. The van der Waals surface area contributed by atoms with Crippen LogP contribution in [0.1, 0.15) is 52.6 Å². The highest BCUT2D eigenvalue weighted by molar-refractivity contribution is 6.31. The summed E-state index contributed by atoms with van der Waals surface area (Å²) < 4.78 is 0. The molecule has 0 radical (unpaired) electrons. The quantitative estimate of drug-likeness (QED) is 0.0309. The average Bonchev–Trinajstić information content (AvgIpc) is 3.63. The number of fused-ring (bicyclic) bond motifs is 3. The van der Waals surface area contributed by atoms with Crippen molar-refractivity contribution in [1.29, 1.82) is 0 Å². The first-order chi connectivity index (χ1) is 38.3. The molecule has 0 saturated heterocycles. The van der Waals surface area contributed by atoms with Crippen LogP contribution in [-0.4, -0.2) is 96.0 Å². The molecule has 82 heavy (non-hydrogen) atoms. The van der Waals surface area contributed by atoms with E-state index in [2.05, 4.69) is 0 Å². The molecule has 29 nitrogen and oxygen atoms in total. The third kappa shape index (κ3) is 13.3. The molecule has 0 saturated carbocycles. The lowest BCUT2D eigenvalue weighted by Crippen LogP contribution is -2.45. The van der Waals surface area contributed by atoms with Crippen LogP contribution in [0, 0.1) is 0 Å². The molecule has 0 heterocycles. The molecule has 10 rings (SSSR count). The number of allylic oxidation sites excluding steroid dienone is 2. The average molecular weight is 1130 g/mol. The van der Waals surface area contributed by atoms with E-state index in [1.54, 1.807) is 60.7 Å². The van der Waals surface area contributed by atoms with Crippen molar-refractivity contribution in [3.63, 3.8) is 0 Å². The van der Waals surface area contributed by atoms with Crippen LogP contribution in [0.2, 0.25) is 0 Å². The fourth-order valence-electron chi connectivity index (χ4n) is 6.44. The number of hydrogen-bond donors (Lipinski definition) is 16. The Balaban J connectivity index is 0.000000209. The second-order valence-corrected chi connectivity index (χ2v) is 16.0. The minimum Gasteiger partial charge on any atom is -0.508 e. The van der Waals surface area contributed by atoms with E-state index in [-0.39, 0.29) is 68.2 Å².